The summed E-state index contributed by atoms with van der Waals surface area (Å²) in [6.07, 6.45) is -4.50. The number of aromatic nitrogens is 3. The molecule has 2 rings (SSSR count). The van der Waals surface area contributed by atoms with E-state index in [0.717, 1.165) is 16.8 Å². The number of aryl methyl sites for hydroxylation is 1. The zero-order valence-electron chi connectivity index (χ0n) is 9.94. The van der Waals surface area contributed by atoms with E-state index in [0.29, 0.717) is 4.47 Å². The van der Waals surface area contributed by atoms with Gasteiger partial charge in [0, 0.05) is 4.47 Å². The van der Waals surface area contributed by atoms with Gasteiger partial charge in [-0.1, -0.05) is 0 Å². The van der Waals surface area contributed by atoms with Crippen molar-refractivity contribution in [2.45, 2.75) is 13.1 Å². The fourth-order valence-electron chi connectivity index (χ4n) is 1.56. The predicted molar refractivity (Wildman–Crippen MR) is 65.8 cm³/mol. The number of aromatic carboxylic acids is 1. The van der Waals surface area contributed by atoms with Crippen LogP contribution in [0.5, 0.6) is 0 Å². The third-order valence-electron chi connectivity index (χ3n) is 2.46. The number of alkyl halides is 3. The number of halogens is 4. The van der Waals surface area contributed by atoms with Gasteiger partial charge in [0.25, 0.3) is 5.82 Å². The molecule has 0 saturated heterocycles. The molecular weight excluding hydrogens is 343 g/mol. The second kappa shape index (κ2) is 4.89. The van der Waals surface area contributed by atoms with Gasteiger partial charge < -0.3 is 5.11 Å². The summed E-state index contributed by atoms with van der Waals surface area (Å²) in [6, 6.07) is 3.01. The smallest absolute Gasteiger partial charge is 0.416 e. The average molecular weight is 350 g/mol. The Balaban J connectivity index is 2.60. The molecule has 106 valence electrons. The molecule has 0 aliphatic rings. The van der Waals surface area contributed by atoms with Crippen LogP contribution in [0.15, 0.2) is 22.7 Å². The molecule has 0 saturated carbocycles. The summed E-state index contributed by atoms with van der Waals surface area (Å²) in [4.78, 5) is 14.4. The molecule has 0 amide bonds. The van der Waals surface area contributed by atoms with Gasteiger partial charge >= 0.3 is 12.1 Å². The van der Waals surface area contributed by atoms with Crippen molar-refractivity contribution in [2.75, 3.05) is 0 Å². The van der Waals surface area contributed by atoms with E-state index in [2.05, 4.69) is 26.0 Å². The van der Waals surface area contributed by atoms with Gasteiger partial charge in [-0.15, -0.1) is 5.10 Å². The molecule has 1 heterocycles. The molecule has 0 aliphatic carbocycles. The first-order valence-corrected chi connectivity index (χ1v) is 6.03. The molecule has 0 atom stereocenters. The van der Waals surface area contributed by atoms with E-state index in [1.54, 1.807) is 0 Å². The van der Waals surface area contributed by atoms with Crippen molar-refractivity contribution < 1.29 is 23.1 Å². The summed E-state index contributed by atoms with van der Waals surface area (Å²) < 4.78 is 39.5. The topological polar surface area (TPSA) is 68.0 Å². The van der Waals surface area contributed by atoms with Gasteiger partial charge in [-0.3, -0.25) is 0 Å². The number of carboxylic acid groups (broad SMARTS) is 1. The van der Waals surface area contributed by atoms with Gasteiger partial charge in [-0.05, 0) is 41.1 Å². The van der Waals surface area contributed by atoms with E-state index in [1.807, 2.05) is 0 Å². The second-order valence-electron chi connectivity index (χ2n) is 3.86. The minimum Gasteiger partial charge on any atom is -0.475 e. The molecule has 1 N–H and O–H groups in total. The normalized spacial score (nSPS) is 11.7. The van der Waals surface area contributed by atoms with Crippen LogP contribution in [0.3, 0.4) is 0 Å². The van der Waals surface area contributed by atoms with Crippen molar-refractivity contribution in [1.29, 1.82) is 0 Å². The van der Waals surface area contributed by atoms with Crippen LogP contribution in [-0.4, -0.2) is 25.8 Å². The van der Waals surface area contributed by atoms with Gasteiger partial charge in [-0.2, -0.15) is 13.2 Å². The molecule has 0 bridgehead atoms. The maximum Gasteiger partial charge on any atom is 0.416 e. The Morgan fingerprint density at radius 3 is 2.55 bits per heavy atom. The Hall–Kier alpha value is -1.90. The maximum absolute atomic E-state index is 12.7. The SMILES string of the molecule is Cc1nc(C(=O)O)nn1-c1cc(C(F)(F)F)ccc1Br. The molecule has 0 radical (unpaired) electrons. The number of hydrogen-bond acceptors (Lipinski definition) is 3. The van der Waals surface area contributed by atoms with Crippen LogP contribution in [0.25, 0.3) is 5.69 Å². The fourth-order valence-corrected chi connectivity index (χ4v) is 1.97. The quantitative estimate of drug-likeness (QED) is 0.904. The number of carbonyl (C=O) groups is 1. The summed E-state index contributed by atoms with van der Waals surface area (Å²) in [6.45, 7) is 1.45. The third-order valence-corrected chi connectivity index (χ3v) is 3.13. The number of hydrogen-bond donors (Lipinski definition) is 1. The molecule has 5 nitrogen and oxygen atoms in total. The summed E-state index contributed by atoms with van der Waals surface area (Å²) in [7, 11) is 0. The van der Waals surface area contributed by atoms with Gasteiger partial charge in [0.2, 0.25) is 0 Å². The van der Waals surface area contributed by atoms with Crippen LogP contribution in [0.2, 0.25) is 0 Å². The monoisotopic (exact) mass is 349 g/mol. The molecule has 9 heteroatoms. The summed E-state index contributed by atoms with van der Waals surface area (Å²) >= 11 is 3.11. The summed E-state index contributed by atoms with van der Waals surface area (Å²) in [5.74, 6) is -1.66. The van der Waals surface area contributed by atoms with E-state index in [4.69, 9.17) is 5.11 Å². The Kier molecular flexibility index (Phi) is 3.55. The molecular formula is C11H7BrF3N3O2. The standard InChI is InChI=1S/C11H7BrF3N3O2/c1-5-16-9(10(19)20)17-18(5)8-4-6(11(13,14)15)2-3-7(8)12/h2-4H,1H3,(H,19,20). The van der Waals surface area contributed by atoms with Crippen molar-refractivity contribution in [3.63, 3.8) is 0 Å². The summed E-state index contributed by atoms with van der Waals surface area (Å²) in [5, 5.41) is 12.5. The largest absolute Gasteiger partial charge is 0.475 e. The lowest BCUT2D eigenvalue weighted by Crippen LogP contribution is -2.08. The van der Waals surface area contributed by atoms with Crippen LogP contribution >= 0.6 is 15.9 Å². The highest BCUT2D eigenvalue weighted by molar-refractivity contribution is 9.10. The highest BCUT2D eigenvalue weighted by Gasteiger charge is 2.31. The van der Waals surface area contributed by atoms with Crippen LogP contribution in [-0.2, 0) is 6.18 Å². The first-order chi connectivity index (χ1) is 9.20. The lowest BCUT2D eigenvalue weighted by Gasteiger charge is -2.11. The van der Waals surface area contributed by atoms with Gasteiger partial charge in [0.15, 0.2) is 0 Å². The van der Waals surface area contributed by atoms with E-state index < -0.39 is 23.5 Å². The van der Waals surface area contributed by atoms with Crippen molar-refractivity contribution in [2.24, 2.45) is 0 Å². The van der Waals surface area contributed by atoms with Crippen molar-refractivity contribution in [1.82, 2.24) is 14.8 Å². The molecule has 20 heavy (non-hydrogen) atoms. The highest BCUT2D eigenvalue weighted by atomic mass is 79.9. The zero-order chi connectivity index (χ0) is 15.1. The van der Waals surface area contributed by atoms with E-state index in [-0.39, 0.29) is 11.5 Å². The Morgan fingerprint density at radius 1 is 1.40 bits per heavy atom. The van der Waals surface area contributed by atoms with Crippen LogP contribution in [0, 0.1) is 6.92 Å². The van der Waals surface area contributed by atoms with Crippen LogP contribution in [0.1, 0.15) is 22.0 Å². The molecule has 0 unspecified atom stereocenters. The molecule has 0 aliphatic heterocycles. The number of rotatable bonds is 2. The first kappa shape index (κ1) is 14.5. The summed E-state index contributed by atoms with van der Waals surface area (Å²) in [5.41, 5.74) is -0.792. The van der Waals surface area contributed by atoms with Crippen molar-refractivity contribution in [3.8, 4) is 5.69 Å². The zero-order valence-corrected chi connectivity index (χ0v) is 11.5. The van der Waals surface area contributed by atoms with E-state index in [9.17, 15) is 18.0 Å². The minimum absolute atomic E-state index is 0.0670. The maximum atomic E-state index is 12.7. The molecule has 1 aromatic heterocycles. The fraction of sp³-hybridized carbons (Fsp3) is 0.182. The Morgan fingerprint density at radius 2 is 2.05 bits per heavy atom. The lowest BCUT2D eigenvalue weighted by atomic mass is 10.2. The number of carboxylic acids is 1. The number of benzene rings is 1. The first-order valence-electron chi connectivity index (χ1n) is 5.24. The second-order valence-corrected chi connectivity index (χ2v) is 4.72. The predicted octanol–water partition coefficient (Wildman–Crippen LogP) is 3.06. The molecule has 2 aromatic rings. The Bertz CT molecular complexity index is 682. The van der Waals surface area contributed by atoms with Gasteiger partial charge in [0.05, 0.1) is 11.3 Å². The lowest BCUT2D eigenvalue weighted by molar-refractivity contribution is -0.137. The van der Waals surface area contributed by atoms with Gasteiger partial charge in [-0.25, -0.2) is 14.5 Å². The third kappa shape index (κ3) is 2.67. The van der Waals surface area contributed by atoms with E-state index in [1.165, 1.54) is 13.0 Å². The van der Waals surface area contributed by atoms with Gasteiger partial charge in [0.1, 0.15) is 5.82 Å². The number of nitrogens with zero attached hydrogens (tertiary/aromatic N) is 3. The average Bonchev–Trinajstić information content (AvgIpc) is 2.70. The Labute approximate surface area is 119 Å². The van der Waals surface area contributed by atoms with Crippen molar-refractivity contribution >= 4 is 21.9 Å². The van der Waals surface area contributed by atoms with Crippen LogP contribution in [0.4, 0.5) is 13.2 Å². The minimum atomic E-state index is -4.50. The molecule has 0 fully saturated rings. The van der Waals surface area contributed by atoms with Crippen LogP contribution < -0.4 is 0 Å². The molecule has 1 aromatic carbocycles. The highest BCUT2D eigenvalue weighted by Crippen LogP contribution is 2.33. The van der Waals surface area contributed by atoms with E-state index >= 15 is 0 Å². The molecule has 0 spiro atoms. The van der Waals surface area contributed by atoms with Crippen molar-refractivity contribution in [3.05, 3.63) is 39.9 Å².